The Balaban J connectivity index is 2.18. The van der Waals surface area contributed by atoms with E-state index in [1.807, 2.05) is 0 Å². The van der Waals surface area contributed by atoms with Crippen molar-refractivity contribution in [3.63, 3.8) is 0 Å². The molecule has 0 fully saturated rings. The summed E-state index contributed by atoms with van der Waals surface area (Å²) in [6.07, 6.45) is 0. The van der Waals surface area contributed by atoms with E-state index in [2.05, 4.69) is 4.98 Å². The standard InChI is InChI=1S/C19H18N4O4S/c1-12(17(24)21(2)3)28-19-20-16-7-5-4-6-15(16)18(25)22(19)13-8-10-14(11-9-13)23(26)27/h4-12H,1-3H3/t12-/m1/s1. The summed E-state index contributed by atoms with van der Waals surface area (Å²) in [6.45, 7) is 1.74. The molecule has 0 aliphatic carbocycles. The van der Waals surface area contributed by atoms with Gasteiger partial charge in [-0.3, -0.25) is 24.3 Å². The van der Waals surface area contributed by atoms with E-state index in [4.69, 9.17) is 0 Å². The molecule has 1 atom stereocenters. The van der Waals surface area contributed by atoms with Crippen LogP contribution in [0.1, 0.15) is 6.92 Å². The number of carbonyl (C=O) groups is 1. The lowest BCUT2D eigenvalue weighted by Crippen LogP contribution is -2.31. The number of aromatic nitrogens is 2. The number of hydrogen-bond acceptors (Lipinski definition) is 6. The lowest BCUT2D eigenvalue weighted by atomic mass is 10.2. The molecule has 28 heavy (non-hydrogen) atoms. The predicted octanol–water partition coefficient (Wildman–Crippen LogP) is 2.86. The Morgan fingerprint density at radius 1 is 1.18 bits per heavy atom. The number of non-ortho nitro benzene ring substituents is 1. The summed E-state index contributed by atoms with van der Waals surface area (Å²) in [5.41, 5.74) is 0.598. The van der Waals surface area contributed by atoms with E-state index in [1.54, 1.807) is 45.3 Å². The summed E-state index contributed by atoms with van der Waals surface area (Å²) in [7, 11) is 3.33. The topological polar surface area (TPSA) is 98.3 Å². The number of carbonyl (C=O) groups excluding carboxylic acids is 1. The van der Waals surface area contributed by atoms with Crippen molar-refractivity contribution in [1.29, 1.82) is 0 Å². The average molecular weight is 398 g/mol. The maximum absolute atomic E-state index is 13.1. The number of para-hydroxylation sites is 1. The molecular formula is C19H18N4O4S. The third kappa shape index (κ3) is 3.74. The molecule has 1 heterocycles. The average Bonchev–Trinajstić information content (AvgIpc) is 2.67. The Kier molecular flexibility index (Phi) is 5.46. The summed E-state index contributed by atoms with van der Waals surface area (Å²) >= 11 is 1.17. The first-order valence-corrected chi connectivity index (χ1v) is 9.32. The highest BCUT2D eigenvalue weighted by molar-refractivity contribution is 8.00. The molecule has 0 unspecified atom stereocenters. The highest BCUT2D eigenvalue weighted by Gasteiger charge is 2.21. The number of hydrogen-bond donors (Lipinski definition) is 0. The van der Waals surface area contributed by atoms with Crippen LogP contribution in [0, 0.1) is 10.1 Å². The predicted molar refractivity (Wildman–Crippen MR) is 108 cm³/mol. The number of nitro benzene ring substituents is 1. The lowest BCUT2D eigenvalue weighted by molar-refractivity contribution is -0.384. The van der Waals surface area contributed by atoms with Crippen LogP contribution in [-0.2, 0) is 4.79 Å². The number of nitrogens with zero attached hydrogens (tertiary/aromatic N) is 4. The smallest absolute Gasteiger partial charge is 0.269 e. The Bertz CT molecular complexity index is 1110. The summed E-state index contributed by atoms with van der Waals surface area (Å²) in [5, 5.41) is 11.2. The minimum atomic E-state index is -0.501. The van der Waals surface area contributed by atoms with Crippen LogP contribution in [0.5, 0.6) is 0 Å². The van der Waals surface area contributed by atoms with Crippen LogP contribution in [0.3, 0.4) is 0 Å². The molecule has 9 heteroatoms. The molecule has 0 aliphatic rings. The third-order valence-corrected chi connectivity index (χ3v) is 5.17. The number of rotatable bonds is 5. The van der Waals surface area contributed by atoms with E-state index >= 15 is 0 Å². The molecule has 1 amide bonds. The van der Waals surface area contributed by atoms with Crippen molar-refractivity contribution < 1.29 is 9.72 Å². The molecular weight excluding hydrogens is 380 g/mol. The number of fused-ring (bicyclic) bond motifs is 1. The Labute approximate surface area is 165 Å². The van der Waals surface area contributed by atoms with Gasteiger partial charge in [-0.05, 0) is 31.2 Å². The van der Waals surface area contributed by atoms with Crippen LogP contribution in [0.15, 0.2) is 58.5 Å². The SMILES string of the molecule is C[C@@H](Sc1nc2ccccc2c(=O)n1-c1ccc([N+](=O)[O-])cc1)C(=O)N(C)C. The summed E-state index contributed by atoms with van der Waals surface area (Å²) < 4.78 is 1.39. The second-order valence-corrected chi connectivity index (χ2v) is 7.63. The molecule has 0 N–H and O–H groups in total. The second-order valence-electron chi connectivity index (χ2n) is 6.32. The zero-order valence-electron chi connectivity index (χ0n) is 15.5. The number of thioether (sulfide) groups is 1. The first-order valence-electron chi connectivity index (χ1n) is 8.44. The quantitative estimate of drug-likeness (QED) is 0.284. The summed E-state index contributed by atoms with van der Waals surface area (Å²) in [6, 6.07) is 12.6. The monoisotopic (exact) mass is 398 g/mol. The van der Waals surface area contributed by atoms with Crippen molar-refractivity contribution in [1.82, 2.24) is 14.5 Å². The molecule has 0 radical (unpaired) electrons. The molecule has 8 nitrogen and oxygen atoms in total. The Morgan fingerprint density at radius 2 is 1.82 bits per heavy atom. The fourth-order valence-corrected chi connectivity index (χ4v) is 3.79. The van der Waals surface area contributed by atoms with Gasteiger partial charge in [0.25, 0.3) is 11.2 Å². The first kappa shape index (κ1) is 19.6. The van der Waals surface area contributed by atoms with Gasteiger partial charge in [-0.1, -0.05) is 23.9 Å². The number of benzene rings is 2. The minimum Gasteiger partial charge on any atom is -0.348 e. The van der Waals surface area contributed by atoms with Gasteiger partial charge in [0.1, 0.15) is 0 Å². The van der Waals surface area contributed by atoms with Crippen LogP contribution in [-0.4, -0.2) is 44.6 Å². The molecule has 0 bridgehead atoms. The molecule has 2 aromatic carbocycles. The van der Waals surface area contributed by atoms with Crippen LogP contribution >= 0.6 is 11.8 Å². The van der Waals surface area contributed by atoms with Gasteiger partial charge in [0.2, 0.25) is 5.91 Å². The largest absolute Gasteiger partial charge is 0.348 e. The minimum absolute atomic E-state index is 0.0732. The molecule has 0 saturated carbocycles. The Morgan fingerprint density at radius 3 is 2.43 bits per heavy atom. The first-order chi connectivity index (χ1) is 13.3. The van der Waals surface area contributed by atoms with Crippen molar-refractivity contribution in [2.45, 2.75) is 17.3 Å². The maximum Gasteiger partial charge on any atom is 0.269 e. The molecule has 1 aromatic heterocycles. The van der Waals surface area contributed by atoms with Crippen molar-refractivity contribution in [3.05, 3.63) is 69.0 Å². The summed E-state index contributed by atoms with van der Waals surface area (Å²) in [5.74, 6) is -0.109. The normalized spacial score (nSPS) is 12.0. The van der Waals surface area contributed by atoms with E-state index in [-0.39, 0.29) is 17.2 Å². The molecule has 0 saturated heterocycles. The van der Waals surface area contributed by atoms with Gasteiger partial charge in [-0.2, -0.15) is 0 Å². The van der Waals surface area contributed by atoms with Crippen molar-refractivity contribution in [2.75, 3.05) is 14.1 Å². The Hall–Kier alpha value is -3.20. The van der Waals surface area contributed by atoms with E-state index in [1.165, 1.54) is 45.5 Å². The zero-order valence-corrected chi connectivity index (χ0v) is 16.3. The number of nitro groups is 1. The van der Waals surface area contributed by atoms with Crippen LogP contribution in [0.4, 0.5) is 5.69 Å². The van der Waals surface area contributed by atoms with Gasteiger partial charge in [-0.25, -0.2) is 4.98 Å². The van der Waals surface area contributed by atoms with Gasteiger partial charge >= 0.3 is 0 Å². The van der Waals surface area contributed by atoms with Crippen LogP contribution in [0.2, 0.25) is 0 Å². The van der Waals surface area contributed by atoms with E-state index in [0.29, 0.717) is 21.7 Å². The molecule has 144 valence electrons. The van der Waals surface area contributed by atoms with E-state index in [0.717, 1.165) is 0 Å². The maximum atomic E-state index is 13.1. The highest BCUT2D eigenvalue weighted by Crippen LogP contribution is 2.26. The summed E-state index contributed by atoms with van der Waals surface area (Å²) in [4.78, 5) is 41.9. The number of amides is 1. The third-order valence-electron chi connectivity index (χ3n) is 4.13. The van der Waals surface area contributed by atoms with E-state index in [9.17, 15) is 19.7 Å². The molecule has 3 rings (SSSR count). The second kappa shape index (κ2) is 7.81. The van der Waals surface area contributed by atoms with Crippen molar-refractivity contribution >= 4 is 34.3 Å². The van der Waals surface area contributed by atoms with Gasteiger partial charge < -0.3 is 4.90 Å². The molecule has 3 aromatic rings. The van der Waals surface area contributed by atoms with Gasteiger partial charge in [0, 0.05) is 26.2 Å². The van der Waals surface area contributed by atoms with Crippen LogP contribution < -0.4 is 5.56 Å². The van der Waals surface area contributed by atoms with Crippen molar-refractivity contribution in [3.8, 4) is 5.69 Å². The van der Waals surface area contributed by atoms with Gasteiger partial charge in [0.05, 0.1) is 26.8 Å². The molecule has 0 spiro atoms. The van der Waals surface area contributed by atoms with Gasteiger partial charge in [-0.15, -0.1) is 0 Å². The van der Waals surface area contributed by atoms with Crippen LogP contribution in [0.25, 0.3) is 16.6 Å². The van der Waals surface area contributed by atoms with E-state index < -0.39 is 10.2 Å². The lowest BCUT2D eigenvalue weighted by Gasteiger charge is -2.18. The van der Waals surface area contributed by atoms with Crippen molar-refractivity contribution in [2.24, 2.45) is 0 Å². The zero-order chi connectivity index (χ0) is 20.4. The molecule has 0 aliphatic heterocycles. The van der Waals surface area contributed by atoms with Gasteiger partial charge in [0.15, 0.2) is 5.16 Å². The highest BCUT2D eigenvalue weighted by atomic mass is 32.2. The fraction of sp³-hybridized carbons (Fsp3) is 0.211. The fourth-order valence-electron chi connectivity index (χ4n) is 2.71.